The molecule has 2 aliphatic rings. The molecule has 1 amide bonds. The van der Waals surface area contributed by atoms with E-state index in [1.165, 1.54) is 36.2 Å². The SMILES string of the molecule is CC(Cc1cccs1)NC1CCN(c2ccc(NC(=O)C3CCCC3)cc2)CC1. The lowest BCUT2D eigenvalue weighted by Crippen LogP contribution is -2.46. The van der Waals surface area contributed by atoms with Crippen molar-refractivity contribution in [2.75, 3.05) is 23.3 Å². The number of carbonyl (C=O) groups is 1. The molecule has 1 saturated carbocycles. The summed E-state index contributed by atoms with van der Waals surface area (Å²) in [5, 5.41) is 9.07. The van der Waals surface area contributed by atoms with Crippen molar-refractivity contribution < 1.29 is 4.79 Å². The van der Waals surface area contributed by atoms with Crippen molar-refractivity contribution in [2.45, 2.75) is 64.0 Å². The average Bonchev–Trinajstić information content (AvgIpc) is 3.43. The number of nitrogens with one attached hydrogen (secondary N) is 2. The van der Waals surface area contributed by atoms with Crippen LogP contribution in [0.15, 0.2) is 41.8 Å². The van der Waals surface area contributed by atoms with E-state index in [9.17, 15) is 4.79 Å². The Morgan fingerprint density at radius 3 is 2.48 bits per heavy atom. The van der Waals surface area contributed by atoms with Gasteiger partial charge in [-0.25, -0.2) is 0 Å². The lowest BCUT2D eigenvalue weighted by atomic mass is 10.0. The Hall–Kier alpha value is -1.85. The minimum atomic E-state index is 0.193. The Kier molecular flexibility index (Phi) is 6.88. The van der Waals surface area contributed by atoms with E-state index in [0.717, 1.165) is 38.0 Å². The number of benzene rings is 1. The van der Waals surface area contributed by atoms with Gasteiger partial charge in [-0.2, -0.15) is 0 Å². The molecule has 1 atom stereocenters. The summed E-state index contributed by atoms with van der Waals surface area (Å²) < 4.78 is 0. The van der Waals surface area contributed by atoms with Crippen LogP contribution in [0.25, 0.3) is 0 Å². The van der Waals surface area contributed by atoms with Gasteiger partial charge < -0.3 is 15.5 Å². The van der Waals surface area contributed by atoms with Crippen molar-refractivity contribution in [3.8, 4) is 0 Å². The third-order valence-corrected chi connectivity index (χ3v) is 7.23. The molecule has 0 spiro atoms. The van der Waals surface area contributed by atoms with Crippen LogP contribution >= 0.6 is 11.3 Å². The predicted molar refractivity (Wildman–Crippen MR) is 123 cm³/mol. The maximum atomic E-state index is 12.3. The van der Waals surface area contributed by atoms with Gasteiger partial charge in [-0.3, -0.25) is 4.79 Å². The molecule has 2 aromatic rings. The molecule has 2 N–H and O–H groups in total. The number of hydrogen-bond donors (Lipinski definition) is 2. The Bertz CT molecular complexity index is 760. The first-order valence-corrected chi connectivity index (χ1v) is 12.0. The minimum absolute atomic E-state index is 0.193. The average molecular weight is 412 g/mol. The highest BCUT2D eigenvalue weighted by atomic mass is 32.1. The fraction of sp³-hybridized carbons (Fsp3) is 0.542. The Morgan fingerprint density at radius 1 is 1.10 bits per heavy atom. The molecule has 1 aromatic carbocycles. The van der Waals surface area contributed by atoms with Crippen molar-refractivity contribution in [3.63, 3.8) is 0 Å². The molecule has 1 unspecified atom stereocenters. The molecule has 5 heteroatoms. The van der Waals surface area contributed by atoms with Gasteiger partial charge in [-0.15, -0.1) is 11.3 Å². The van der Waals surface area contributed by atoms with Crippen LogP contribution in [0.3, 0.4) is 0 Å². The smallest absolute Gasteiger partial charge is 0.227 e. The fourth-order valence-electron chi connectivity index (χ4n) is 4.68. The second-order valence-corrected chi connectivity index (χ2v) is 9.66. The largest absolute Gasteiger partial charge is 0.371 e. The molecule has 2 fully saturated rings. The van der Waals surface area contributed by atoms with Crippen LogP contribution in [0.4, 0.5) is 11.4 Å². The minimum Gasteiger partial charge on any atom is -0.371 e. The van der Waals surface area contributed by atoms with Crippen molar-refractivity contribution in [3.05, 3.63) is 46.7 Å². The number of thiophene rings is 1. The van der Waals surface area contributed by atoms with Crippen LogP contribution in [-0.4, -0.2) is 31.1 Å². The van der Waals surface area contributed by atoms with Crippen LogP contribution in [0, 0.1) is 5.92 Å². The quantitative estimate of drug-likeness (QED) is 0.669. The molecule has 156 valence electrons. The van der Waals surface area contributed by atoms with Gasteiger partial charge in [0.1, 0.15) is 0 Å². The Morgan fingerprint density at radius 2 is 1.83 bits per heavy atom. The number of nitrogens with zero attached hydrogens (tertiary/aromatic N) is 1. The second-order valence-electron chi connectivity index (χ2n) is 8.63. The molecule has 0 radical (unpaired) electrons. The zero-order valence-electron chi connectivity index (χ0n) is 17.4. The molecule has 4 rings (SSSR count). The van der Waals surface area contributed by atoms with Gasteiger partial charge in [-0.05, 0) is 74.7 Å². The van der Waals surface area contributed by atoms with E-state index in [0.29, 0.717) is 12.1 Å². The van der Waals surface area contributed by atoms with Gasteiger partial charge in [0.05, 0.1) is 0 Å². The third-order valence-electron chi connectivity index (χ3n) is 6.33. The summed E-state index contributed by atoms with van der Waals surface area (Å²) in [7, 11) is 0. The van der Waals surface area contributed by atoms with E-state index in [1.807, 2.05) is 11.3 Å². The first kappa shape index (κ1) is 20.4. The highest BCUT2D eigenvalue weighted by Gasteiger charge is 2.23. The van der Waals surface area contributed by atoms with Crippen LogP contribution in [0.5, 0.6) is 0 Å². The molecule has 2 heterocycles. The lowest BCUT2D eigenvalue weighted by Gasteiger charge is -2.35. The van der Waals surface area contributed by atoms with E-state index in [4.69, 9.17) is 0 Å². The highest BCUT2D eigenvalue weighted by molar-refractivity contribution is 7.09. The molecular formula is C24H33N3OS. The molecule has 0 bridgehead atoms. The summed E-state index contributed by atoms with van der Waals surface area (Å²) in [5.74, 6) is 0.405. The first-order valence-electron chi connectivity index (χ1n) is 11.1. The van der Waals surface area contributed by atoms with Gasteiger partial charge in [0.15, 0.2) is 0 Å². The first-order chi connectivity index (χ1) is 14.2. The summed E-state index contributed by atoms with van der Waals surface area (Å²) in [6, 6.07) is 13.9. The zero-order valence-corrected chi connectivity index (χ0v) is 18.2. The van der Waals surface area contributed by atoms with Crippen LogP contribution in [-0.2, 0) is 11.2 Å². The highest BCUT2D eigenvalue weighted by Crippen LogP contribution is 2.27. The van der Waals surface area contributed by atoms with E-state index in [2.05, 4.69) is 64.2 Å². The molecule has 29 heavy (non-hydrogen) atoms. The van der Waals surface area contributed by atoms with E-state index in [1.54, 1.807) is 0 Å². The monoisotopic (exact) mass is 411 g/mol. The van der Waals surface area contributed by atoms with E-state index < -0.39 is 0 Å². The number of rotatable bonds is 7. The van der Waals surface area contributed by atoms with Crippen molar-refractivity contribution in [1.82, 2.24) is 5.32 Å². The summed E-state index contributed by atoms with van der Waals surface area (Å²) in [4.78, 5) is 16.2. The Balaban J connectivity index is 1.22. The van der Waals surface area contributed by atoms with Gasteiger partial charge in [0.2, 0.25) is 5.91 Å². The normalized spacial score (nSPS) is 19.4. The summed E-state index contributed by atoms with van der Waals surface area (Å²) in [6.07, 6.45) is 7.93. The number of piperidine rings is 1. The van der Waals surface area contributed by atoms with E-state index in [-0.39, 0.29) is 11.8 Å². The molecule has 1 aromatic heterocycles. The molecule has 1 aliphatic carbocycles. The maximum absolute atomic E-state index is 12.3. The van der Waals surface area contributed by atoms with E-state index >= 15 is 0 Å². The van der Waals surface area contributed by atoms with Gasteiger partial charge >= 0.3 is 0 Å². The lowest BCUT2D eigenvalue weighted by molar-refractivity contribution is -0.119. The summed E-state index contributed by atoms with van der Waals surface area (Å²) in [5.41, 5.74) is 2.18. The molecule has 1 saturated heterocycles. The zero-order chi connectivity index (χ0) is 20.1. The summed E-state index contributed by atoms with van der Waals surface area (Å²) >= 11 is 1.85. The molecule has 4 nitrogen and oxygen atoms in total. The number of hydrogen-bond acceptors (Lipinski definition) is 4. The summed E-state index contributed by atoms with van der Waals surface area (Å²) in [6.45, 7) is 4.46. The number of amides is 1. The number of anilines is 2. The van der Waals surface area contributed by atoms with Crippen molar-refractivity contribution in [2.24, 2.45) is 5.92 Å². The van der Waals surface area contributed by atoms with Crippen molar-refractivity contribution in [1.29, 1.82) is 0 Å². The second kappa shape index (κ2) is 9.77. The predicted octanol–water partition coefficient (Wildman–Crippen LogP) is 5.07. The van der Waals surface area contributed by atoms with Gasteiger partial charge in [0.25, 0.3) is 0 Å². The Labute approximate surface area is 178 Å². The topological polar surface area (TPSA) is 44.4 Å². The van der Waals surface area contributed by atoms with Gasteiger partial charge in [0, 0.05) is 47.3 Å². The van der Waals surface area contributed by atoms with Crippen molar-refractivity contribution >= 4 is 28.6 Å². The molecular weight excluding hydrogens is 378 g/mol. The number of carbonyl (C=O) groups excluding carboxylic acids is 1. The third kappa shape index (κ3) is 5.61. The van der Waals surface area contributed by atoms with Crippen LogP contribution in [0.1, 0.15) is 50.3 Å². The fourth-order valence-corrected chi connectivity index (χ4v) is 5.52. The maximum Gasteiger partial charge on any atom is 0.227 e. The van der Waals surface area contributed by atoms with Crippen LogP contribution in [0.2, 0.25) is 0 Å². The van der Waals surface area contributed by atoms with Crippen LogP contribution < -0.4 is 15.5 Å². The van der Waals surface area contributed by atoms with Gasteiger partial charge in [-0.1, -0.05) is 18.9 Å². The molecule has 1 aliphatic heterocycles. The standard InChI is InChI=1S/C24H33N3OS/c1-18(17-23-7-4-16-29-23)25-21-12-14-27(15-13-21)22-10-8-20(9-11-22)26-24(28)19-5-2-3-6-19/h4,7-11,16,18-19,21,25H,2-3,5-6,12-15,17H2,1H3,(H,26,28).